The molecule has 1 unspecified atom stereocenters. The van der Waals surface area contributed by atoms with Crippen molar-refractivity contribution >= 4 is 17.5 Å². The molecule has 3 nitrogen and oxygen atoms in total. The van der Waals surface area contributed by atoms with E-state index in [1.54, 1.807) is 0 Å². The summed E-state index contributed by atoms with van der Waals surface area (Å²) in [6.45, 7) is 0.443. The molecule has 0 saturated heterocycles. The molecular weight excluding hydrogens is 296 g/mol. The summed E-state index contributed by atoms with van der Waals surface area (Å²) in [6.07, 6.45) is 1.75. The molecule has 1 amide bonds. The van der Waals surface area contributed by atoms with Gasteiger partial charge in [0.25, 0.3) is 0 Å². The van der Waals surface area contributed by atoms with Crippen LogP contribution in [0.2, 0.25) is 5.02 Å². The summed E-state index contributed by atoms with van der Waals surface area (Å²) in [5, 5.41) is 3.69. The van der Waals surface area contributed by atoms with E-state index in [2.05, 4.69) is 5.32 Å². The van der Waals surface area contributed by atoms with Gasteiger partial charge in [0.15, 0.2) is 0 Å². The number of hydrogen-bond acceptors (Lipinski definition) is 2. The Labute approximate surface area is 135 Å². The molecule has 0 aliphatic heterocycles. The monoisotopic (exact) mass is 314 g/mol. The molecule has 3 N–H and O–H groups in total. The van der Waals surface area contributed by atoms with E-state index in [0.29, 0.717) is 11.6 Å². The highest BCUT2D eigenvalue weighted by molar-refractivity contribution is 6.30. The van der Waals surface area contributed by atoms with Crippen molar-refractivity contribution in [2.45, 2.75) is 24.3 Å². The van der Waals surface area contributed by atoms with Crippen molar-refractivity contribution < 1.29 is 4.79 Å². The Hall–Kier alpha value is -1.84. The van der Waals surface area contributed by atoms with Crippen LogP contribution in [0, 0.1) is 0 Å². The summed E-state index contributed by atoms with van der Waals surface area (Å²) < 4.78 is 0. The molecule has 1 fully saturated rings. The molecular formula is C18H19ClN2O. The number of hydrogen-bond donors (Lipinski definition) is 2. The molecule has 1 aliphatic carbocycles. The van der Waals surface area contributed by atoms with Crippen molar-refractivity contribution in [3.05, 3.63) is 70.7 Å². The molecule has 0 aromatic heterocycles. The topological polar surface area (TPSA) is 55.1 Å². The van der Waals surface area contributed by atoms with Crippen molar-refractivity contribution in [2.24, 2.45) is 5.73 Å². The summed E-state index contributed by atoms with van der Waals surface area (Å²) in [5.74, 6) is 0.0567. The van der Waals surface area contributed by atoms with Crippen molar-refractivity contribution in [1.29, 1.82) is 0 Å². The number of carbonyl (C=O) groups is 1. The van der Waals surface area contributed by atoms with E-state index < -0.39 is 0 Å². The number of halogens is 1. The molecule has 114 valence electrons. The molecule has 1 saturated carbocycles. The van der Waals surface area contributed by atoms with Gasteiger partial charge in [0.05, 0.1) is 5.41 Å². The van der Waals surface area contributed by atoms with Crippen LogP contribution in [0.4, 0.5) is 0 Å². The maximum Gasteiger partial charge on any atom is 0.230 e. The van der Waals surface area contributed by atoms with Crippen molar-refractivity contribution in [3.8, 4) is 0 Å². The largest absolute Gasteiger partial charge is 0.353 e. The summed E-state index contributed by atoms with van der Waals surface area (Å²) in [6, 6.07) is 17.2. The minimum atomic E-state index is -0.388. The molecule has 1 atom stereocenters. The van der Waals surface area contributed by atoms with E-state index >= 15 is 0 Å². The van der Waals surface area contributed by atoms with Gasteiger partial charge in [-0.05, 0) is 36.1 Å². The maximum absolute atomic E-state index is 12.5. The van der Waals surface area contributed by atoms with Crippen LogP contribution >= 0.6 is 11.6 Å². The van der Waals surface area contributed by atoms with Crippen LogP contribution in [0.5, 0.6) is 0 Å². The van der Waals surface area contributed by atoms with E-state index in [0.717, 1.165) is 24.0 Å². The molecule has 0 bridgehead atoms. The first-order valence-electron chi connectivity index (χ1n) is 7.47. The zero-order chi connectivity index (χ0) is 15.6. The van der Waals surface area contributed by atoms with E-state index in [4.69, 9.17) is 17.3 Å². The number of amides is 1. The third kappa shape index (κ3) is 3.01. The molecule has 0 radical (unpaired) electrons. The zero-order valence-corrected chi connectivity index (χ0v) is 13.0. The minimum absolute atomic E-state index is 0.0567. The third-order valence-electron chi connectivity index (χ3n) is 4.29. The van der Waals surface area contributed by atoms with Gasteiger partial charge in [-0.2, -0.15) is 0 Å². The molecule has 1 aliphatic rings. The van der Waals surface area contributed by atoms with Gasteiger partial charge in [-0.3, -0.25) is 4.79 Å². The van der Waals surface area contributed by atoms with Crippen LogP contribution in [0.25, 0.3) is 0 Å². The number of benzene rings is 2. The highest BCUT2D eigenvalue weighted by Crippen LogP contribution is 2.48. The summed E-state index contributed by atoms with van der Waals surface area (Å²) in [5.41, 5.74) is 7.80. The van der Waals surface area contributed by atoms with Gasteiger partial charge >= 0.3 is 0 Å². The Balaban J connectivity index is 1.64. The SMILES string of the molecule is NC(CNC(=O)C1(c2ccc(Cl)cc2)CC1)c1ccccc1. The van der Waals surface area contributed by atoms with Crippen LogP contribution < -0.4 is 11.1 Å². The average Bonchev–Trinajstić information content (AvgIpc) is 3.35. The smallest absolute Gasteiger partial charge is 0.230 e. The molecule has 4 heteroatoms. The van der Waals surface area contributed by atoms with Gasteiger partial charge in [0.2, 0.25) is 5.91 Å². The van der Waals surface area contributed by atoms with Crippen LogP contribution in [-0.4, -0.2) is 12.5 Å². The van der Waals surface area contributed by atoms with Gasteiger partial charge in [0.1, 0.15) is 0 Å². The second-order valence-corrected chi connectivity index (χ2v) is 6.25. The van der Waals surface area contributed by atoms with E-state index in [1.165, 1.54) is 0 Å². The van der Waals surface area contributed by atoms with E-state index in [-0.39, 0.29) is 17.4 Å². The Morgan fingerprint density at radius 1 is 1.14 bits per heavy atom. The van der Waals surface area contributed by atoms with Crippen molar-refractivity contribution in [2.75, 3.05) is 6.54 Å². The van der Waals surface area contributed by atoms with Crippen molar-refractivity contribution in [1.82, 2.24) is 5.32 Å². The van der Waals surface area contributed by atoms with Gasteiger partial charge in [-0.15, -0.1) is 0 Å². The van der Waals surface area contributed by atoms with Crippen LogP contribution in [0.3, 0.4) is 0 Å². The molecule has 3 rings (SSSR count). The van der Waals surface area contributed by atoms with Crippen LogP contribution in [-0.2, 0) is 10.2 Å². The predicted molar refractivity (Wildman–Crippen MR) is 88.7 cm³/mol. The Bertz CT molecular complexity index is 651. The van der Waals surface area contributed by atoms with Gasteiger partial charge in [-0.25, -0.2) is 0 Å². The first-order chi connectivity index (χ1) is 10.6. The van der Waals surface area contributed by atoms with Gasteiger partial charge in [0, 0.05) is 17.6 Å². The maximum atomic E-state index is 12.5. The van der Waals surface area contributed by atoms with Crippen LogP contribution in [0.15, 0.2) is 54.6 Å². The first-order valence-corrected chi connectivity index (χ1v) is 7.84. The Morgan fingerprint density at radius 3 is 2.36 bits per heavy atom. The lowest BCUT2D eigenvalue weighted by molar-refractivity contribution is -0.123. The second-order valence-electron chi connectivity index (χ2n) is 5.82. The minimum Gasteiger partial charge on any atom is -0.353 e. The molecule has 22 heavy (non-hydrogen) atoms. The summed E-state index contributed by atoms with van der Waals surface area (Å²) >= 11 is 5.92. The quantitative estimate of drug-likeness (QED) is 0.890. The van der Waals surface area contributed by atoms with Gasteiger partial charge in [-0.1, -0.05) is 54.1 Å². The highest BCUT2D eigenvalue weighted by Gasteiger charge is 2.51. The third-order valence-corrected chi connectivity index (χ3v) is 4.54. The molecule has 0 heterocycles. The Morgan fingerprint density at radius 2 is 1.77 bits per heavy atom. The molecule has 2 aromatic carbocycles. The predicted octanol–water partition coefficient (Wildman–Crippen LogP) is 3.19. The normalized spacial score (nSPS) is 16.8. The number of nitrogens with two attached hydrogens (primary N) is 1. The zero-order valence-electron chi connectivity index (χ0n) is 12.3. The fraction of sp³-hybridized carbons (Fsp3) is 0.278. The lowest BCUT2D eigenvalue weighted by Gasteiger charge is -2.18. The Kier molecular flexibility index (Phi) is 4.19. The van der Waals surface area contributed by atoms with E-state index in [9.17, 15) is 4.79 Å². The highest BCUT2D eigenvalue weighted by atomic mass is 35.5. The fourth-order valence-corrected chi connectivity index (χ4v) is 2.86. The van der Waals surface area contributed by atoms with E-state index in [1.807, 2.05) is 54.6 Å². The molecule has 0 spiro atoms. The lowest BCUT2D eigenvalue weighted by Crippen LogP contribution is -2.38. The van der Waals surface area contributed by atoms with Gasteiger partial charge < -0.3 is 11.1 Å². The summed E-state index contributed by atoms with van der Waals surface area (Å²) in [7, 11) is 0. The lowest BCUT2D eigenvalue weighted by atomic mass is 9.95. The number of nitrogens with one attached hydrogen (secondary N) is 1. The summed E-state index contributed by atoms with van der Waals surface area (Å²) in [4.78, 5) is 12.5. The fourth-order valence-electron chi connectivity index (χ4n) is 2.73. The number of rotatable bonds is 5. The average molecular weight is 315 g/mol. The standard InChI is InChI=1S/C18H19ClN2O/c19-15-8-6-14(7-9-15)18(10-11-18)17(22)21-12-16(20)13-4-2-1-3-5-13/h1-9,16H,10-12,20H2,(H,21,22). The van der Waals surface area contributed by atoms with Crippen molar-refractivity contribution in [3.63, 3.8) is 0 Å². The second kappa shape index (κ2) is 6.11. The number of carbonyl (C=O) groups excluding carboxylic acids is 1. The molecule has 2 aromatic rings. The first kappa shape index (κ1) is 15.1. The van der Waals surface area contributed by atoms with Crippen LogP contribution in [0.1, 0.15) is 30.0 Å².